The molecule has 0 aromatic rings. The van der Waals surface area contributed by atoms with E-state index in [4.69, 9.17) is 10.2 Å². The fourth-order valence-corrected chi connectivity index (χ4v) is 1.89. The number of urea groups is 1. The minimum Gasteiger partial charge on any atom is -0.480 e. The topological polar surface area (TPSA) is 110 Å². The molecule has 1 aliphatic rings. The molecule has 0 radical (unpaired) electrons. The average molecular weight is 260 g/mol. The Balaban J connectivity index is 2.54. The summed E-state index contributed by atoms with van der Waals surface area (Å²) >= 11 is 0. The fraction of sp³-hybridized carbons (Fsp3) is 0.818. The van der Waals surface area contributed by atoms with E-state index in [1.54, 1.807) is 6.92 Å². The first-order chi connectivity index (χ1) is 8.35. The molecule has 7 nitrogen and oxygen atoms in total. The summed E-state index contributed by atoms with van der Waals surface area (Å²) in [4.78, 5) is 23.9. The number of aliphatic hydroxyl groups excluding tert-OH is 1. The largest absolute Gasteiger partial charge is 0.480 e. The highest BCUT2D eigenvalue weighted by Crippen LogP contribution is 2.21. The van der Waals surface area contributed by atoms with E-state index < -0.39 is 30.3 Å². The van der Waals surface area contributed by atoms with E-state index in [0.717, 1.165) is 0 Å². The van der Waals surface area contributed by atoms with Gasteiger partial charge in [0.2, 0.25) is 0 Å². The van der Waals surface area contributed by atoms with Crippen molar-refractivity contribution in [3.63, 3.8) is 0 Å². The average Bonchev–Trinajstić information content (AvgIpc) is 2.46. The molecule has 0 spiro atoms. The van der Waals surface area contributed by atoms with Gasteiger partial charge in [0.1, 0.15) is 0 Å². The highest BCUT2D eigenvalue weighted by atomic mass is 16.4. The van der Waals surface area contributed by atoms with Gasteiger partial charge in [0.25, 0.3) is 0 Å². The highest BCUT2D eigenvalue weighted by molar-refractivity contribution is 5.82. The molecule has 1 fully saturated rings. The van der Waals surface area contributed by atoms with Crippen LogP contribution in [0.5, 0.6) is 0 Å². The van der Waals surface area contributed by atoms with Crippen LogP contribution in [-0.4, -0.2) is 63.6 Å². The number of likely N-dealkylation sites (tertiary alicyclic amines) is 1. The van der Waals surface area contributed by atoms with Crippen LogP contribution in [0.3, 0.4) is 0 Å². The summed E-state index contributed by atoms with van der Waals surface area (Å²) in [6.07, 6.45) is 1.73. The van der Waals surface area contributed by atoms with Gasteiger partial charge in [-0.05, 0) is 26.2 Å². The number of aliphatic hydroxyl groups is 2. The Bertz CT molecular complexity index is 319. The van der Waals surface area contributed by atoms with Crippen molar-refractivity contribution >= 4 is 12.0 Å². The van der Waals surface area contributed by atoms with Gasteiger partial charge in [0.15, 0.2) is 6.04 Å². The maximum absolute atomic E-state index is 11.8. The third-order valence-corrected chi connectivity index (χ3v) is 3.13. The number of aliphatic carboxylic acids is 1. The van der Waals surface area contributed by atoms with E-state index >= 15 is 0 Å². The lowest BCUT2D eigenvalue weighted by atomic mass is 9.98. The van der Waals surface area contributed by atoms with Gasteiger partial charge < -0.3 is 25.5 Å². The van der Waals surface area contributed by atoms with Gasteiger partial charge in [-0.25, -0.2) is 9.59 Å². The molecule has 7 heteroatoms. The molecule has 0 bridgehead atoms. The molecule has 1 rings (SSSR count). The summed E-state index contributed by atoms with van der Waals surface area (Å²) < 4.78 is 0. The molecule has 0 aromatic carbocycles. The van der Waals surface area contributed by atoms with Crippen LogP contribution in [0, 0.1) is 0 Å². The lowest BCUT2D eigenvalue weighted by Crippen LogP contribution is -2.50. The summed E-state index contributed by atoms with van der Waals surface area (Å²) in [6.45, 7) is 1.92. The van der Waals surface area contributed by atoms with Crippen molar-refractivity contribution in [2.75, 3.05) is 19.7 Å². The number of carboxylic acids is 1. The Morgan fingerprint density at radius 1 is 1.39 bits per heavy atom. The summed E-state index contributed by atoms with van der Waals surface area (Å²) in [6, 6.07) is -1.81. The Kier molecular flexibility index (Phi) is 4.92. The van der Waals surface area contributed by atoms with Crippen molar-refractivity contribution in [2.24, 2.45) is 0 Å². The number of carboxylic acid groups (broad SMARTS) is 1. The normalized spacial score (nSPS) is 26.3. The van der Waals surface area contributed by atoms with E-state index in [-0.39, 0.29) is 0 Å². The van der Waals surface area contributed by atoms with Gasteiger partial charge in [0, 0.05) is 13.1 Å². The minimum absolute atomic E-state index is 0.372. The van der Waals surface area contributed by atoms with E-state index in [1.165, 1.54) is 4.90 Å². The van der Waals surface area contributed by atoms with Gasteiger partial charge in [-0.3, -0.25) is 0 Å². The second kappa shape index (κ2) is 6.01. The van der Waals surface area contributed by atoms with Crippen molar-refractivity contribution in [3.8, 4) is 0 Å². The molecule has 104 valence electrons. The highest BCUT2D eigenvalue weighted by Gasteiger charge is 2.28. The summed E-state index contributed by atoms with van der Waals surface area (Å²) in [5, 5.41) is 29.7. The van der Waals surface area contributed by atoms with Crippen molar-refractivity contribution in [1.82, 2.24) is 10.2 Å². The molecule has 1 saturated heterocycles. The van der Waals surface area contributed by atoms with Crippen molar-refractivity contribution in [2.45, 2.75) is 37.8 Å². The second-order valence-electron chi connectivity index (χ2n) is 4.86. The third-order valence-electron chi connectivity index (χ3n) is 3.13. The SMILES string of the molecule is CC1(O)CCCN(C(=O)NC(CO)C(=O)O)CC1. The molecule has 2 atom stereocenters. The fourth-order valence-electron chi connectivity index (χ4n) is 1.89. The summed E-state index contributed by atoms with van der Waals surface area (Å²) in [7, 11) is 0. The van der Waals surface area contributed by atoms with Crippen LogP contribution in [0.1, 0.15) is 26.2 Å². The minimum atomic E-state index is -1.29. The summed E-state index contributed by atoms with van der Waals surface area (Å²) in [5.41, 5.74) is -0.780. The Hall–Kier alpha value is -1.34. The van der Waals surface area contributed by atoms with Crippen molar-refractivity contribution in [1.29, 1.82) is 0 Å². The van der Waals surface area contributed by atoms with E-state index in [9.17, 15) is 14.7 Å². The van der Waals surface area contributed by atoms with Crippen molar-refractivity contribution < 1.29 is 24.9 Å². The maximum Gasteiger partial charge on any atom is 0.328 e. The monoisotopic (exact) mass is 260 g/mol. The first-order valence-electron chi connectivity index (χ1n) is 5.97. The molecular weight excluding hydrogens is 240 g/mol. The molecule has 0 saturated carbocycles. The molecule has 2 amide bonds. The molecular formula is C11H20N2O5. The Labute approximate surface area is 105 Å². The van der Waals surface area contributed by atoms with Gasteiger partial charge in [-0.1, -0.05) is 0 Å². The second-order valence-corrected chi connectivity index (χ2v) is 4.86. The predicted octanol–water partition coefficient (Wildman–Crippen LogP) is -0.622. The van der Waals surface area contributed by atoms with Crippen LogP contribution < -0.4 is 5.32 Å². The standard InChI is InChI=1S/C11H20N2O5/c1-11(18)3-2-5-13(6-4-11)10(17)12-8(7-14)9(15)16/h8,14,18H,2-7H2,1H3,(H,12,17)(H,15,16). The number of nitrogens with one attached hydrogen (secondary N) is 1. The zero-order valence-electron chi connectivity index (χ0n) is 10.4. The number of amides is 2. The molecule has 0 aromatic heterocycles. The Morgan fingerprint density at radius 2 is 2.06 bits per heavy atom. The van der Waals surface area contributed by atoms with Crippen LogP contribution in [0.25, 0.3) is 0 Å². The molecule has 1 aliphatic heterocycles. The van der Waals surface area contributed by atoms with Gasteiger partial charge in [-0.2, -0.15) is 0 Å². The first-order valence-corrected chi connectivity index (χ1v) is 5.97. The van der Waals surface area contributed by atoms with Gasteiger partial charge >= 0.3 is 12.0 Å². The van der Waals surface area contributed by atoms with Crippen LogP contribution in [0.2, 0.25) is 0 Å². The Morgan fingerprint density at radius 3 is 2.61 bits per heavy atom. The van der Waals surface area contributed by atoms with E-state index in [0.29, 0.717) is 32.4 Å². The zero-order chi connectivity index (χ0) is 13.8. The number of carbonyl (C=O) groups is 2. The quantitative estimate of drug-likeness (QED) is 0.540. The van der Waals surface area contributed by atoms with Crippen LogP contribution in [-0.2, 0) is 4.79 Å². The lowest BCUT2D eigenvalue weighted by molar-refractivity contribution is -0.140. The number of hydrogen-bond acceptors (Lipinski definition) is 4. The number of carbonyl (C=O) groups excluding carboxylic acids is 1. The van der Waals surface area contributed by atoms with Crippen LogP contribution in [0.15, 0.2) is 0 Å². The third kappa shape index (κ3) is 4.15. The van der Waals surface area contributed by atoms with Gasteiger partial charge in [-0.15, -0.1) is 0 Å². The number of hydrogen-bond donors (Lipinski definition) is 4. The number of nitrogens with zero attached hydrogens (tertiary/aromatic N) is 1. The molecule has 0 aliphatic carbocycles. The predicted molar refractivity (Wildman–Crippen MR) is 63.1 cm³/mol. The zero-order valence-corrected chi connectivity index (χ0v) is 10.4. The lowest BCUT2D eigenvalue weighted by Gasteiger charge is -2.24. The van der Waals surface area contributed by atoms with E-state index in [2.05, 4.69) is 5.32 Å². The van der Waals surface area contributed by atoms with Crippen LogP contribution >= 0.6 is 0 Å². The molecule has 18 heavy (non-hydrogen) atoms. The maximum atomic E-state index is 11.8. The molecule has 4 N–H and O–H groups in total. The van der Waals surface area contributed by atoms with Gasteiger partial charge in [0.05, 0.1) is 12.2 Å². The molecule has 2 unspecified atom stereocenters. The smallest absolute Gasteiger partial charge is 0.328 e. The number of rotatable bonds is 3. The molecule has 1 heterocycles. The van der Waals surface area contributed by atoms with Crippen LogP contribution in [0.4, 0.5) is 4.79 Å². The first kappa shape index (κ1) is 14.7. The van der Waals surface area contributed by atoms with Crippen molar-refractivity contribution in [3.05, 3.63) is 0 Å². The summed E-state index contributed by atoms with van der Waals surface area (Å²) in [5.74, 6) is -1.27. The van der Waals surface area contributed by atoms with E-state index in [1.807, 2.05) is 0 Å².